The number of ether oxygens (including phenoxy) is 3. The van der Waals surface area contributed by atoms with Gasteiger partial charge in [-0.3, -0.25) is 0 Å². The van der Waals surface area contributed by atoms with Gasteiger partial charge >= 0.3 is 0 Å². The second-order valence-corrected chi connectivity index (χ2v) is 7.19. The number of aromatic nitrogens is 1. The predicted octanol–water partition coefficient (Wildman–Crippen LogP) is 4.33. The molecule has 5 rings (SSSR count). The number of nitrogens with two attached hydrogens (primary N) is 1. The van der Waals surface area contributed by atoms with Crippen LogP contribution in [0.15, 0.2) is 70.3 Å². The third kappa shape index (κ3) is 2.62. The number of rotatable bonds is 2. The van der Waals surface area contributed by atoms with Gasteiger partial charge in [-0.2, -0.15) is 0 Å². The zero-order valence-corrected chi connectivity index (χ0v) is 15.6. The zero-order chi connectivity index (χ0) is 18.4. The third-order valence-electron chi connectivity index (χ3n) is 4.59. The van der Waals surface area contributed by atoms with Crippen molar-refractivity contribution >= 4 is 22.0 Å². The Morgan fingerprint density at radius 1 is 1.04 bits per heavy atom. The Kier molecular flexibility index (Phi) is 3.58. The van der Waals surface area contributed by atoms with Gasteiger partial charge in [0.15, 0.2) is 5.54 Å². The molecule has 0 saturated heterocycles. The molecule has 0 unspecified atom stereocenters. The molecule has 2 aromatic carbocycles. The highest BCUT2D eigenvalue weighted by Gasteiger charge is 2.47. The molecular formula is C20H14BrN3O3. The summed E-state index contributed by atoms with van der Waals surface area (Å²) >= 11 is 3.53. The summed E-state index contributed by atoms with van der Waals surface area (Å²) in [6.45, 7) is 0.297. The number of hydrogen-bond acceptors (Lipinski definition) is 6. The summed E-state index contributed by atoms with van der Waals surface area (Å²) in [6.07, 6.45) is 1.68. The molecule has 27 heavy (non-hydrogen) atoms. The summed E-state index contributed by atoms with van der Waals surface area (Å²) in [5.41, 5.74) is 6.83. The van der Waals surface area contributed by atoms with Crippen molar-refractivity contribution in [1.29, 1.82) is 0 Å². The van der Waals surface area contributed by atoms with Gasteiger partial charge in [-0.15, -0.1) is 0 Å². The predicted molar refractivity (Wildman–Crippen MR) is 103 cm³/mol. The highest BCUT2D eigenvalue weighted by atomic mass is 79.9. The number of pyridine rings is 1. The summed E-state index contributed by atoms with van der Waals surface area (Å²) < 4.78 is 18.5. The van der Waals surface area contributed by atoms with Gasteiger partial charge in [0, 0.05) is 27.9 Å². The van der Waals surface area contributed by atoms with Crippen molar-refractivity contribution in [1.82, 2.24) is 4.98 Å². The van der Waals surface area contributed by atoms with Crippen molar-refractivity contribution < 1.29 is 14.2 Å². The zero-order valence-electron chi connectivity index (χ0n) is 14.1. The summed E-state index contributed by atoms with van der Waals surface area (Å²) in [5.74, 6) is 2.57. The van der Waals surface area contributed by atoms with E-state index >= 15 is 0 Å². The smallest absolute Gasteiger partial charge is 0.283 e. The lowest BCUT2D eigenvalue weighted by atomic mass is 9.81. The van der Waals surface area contributed by atoms with Gasteiger partial charge in [-0.1, -0.05) is 22.0 Å². The van der Waals surface area contributed by atoms with Crippen LogP contribution in [0.2, 0.25) is 0 Å². The van der Waals surface area contributed by atoms with Crippen LogP contribution < -0.4 is 15.2 Å². The standard InChI is InChI=1S/C20H14BrN3O3/c21-12-4-6-16-14(9-12)20(11-25-19(22)24-20)15-10-13(5-7-17(15)27-16)26-18-3-1-2-8-23-18/h1-10H,11H2,(H2,22,24)/t20-/m0/s1. The van der Waals surface area contributed by atoms with Crippen LogP contribution in [0.4, 0.5) is 0 Å². The Balaban J connectivity index is 1.66. The molecule has 1 aromatic heterocycles. The Hall–Kier alpha value is -3.06. The lowest BCUT2D eigenvalue weighted by Gasteiger charge is -2.33. The molecule has 134 valence electrons. The van der Waals surface area contributed by atoms with Gasteiger partial charge in [-0.25, -0.2) is 9.98 Å². The number of halogens is 1. The van der Waals surface area contributed by atoms with Crippen LogP contribution in [0.5, 0.6) is 23.1 Å². The van der Waals surface area contributed by atoms with Crippen molar-refractivity contribution in [2.24, 2.45) is 10.7 Å². The van der Waals surface area contributed by atoms with Crippen LogP contribution in [0.1, 0.15) is 11.1 Å². The fourth-order valence-corrected chi connectivity index (χ4v) is 3.76. The Labute approximate surface area is 163 Å². The van der Waals surface area contributed by atoms with E-state index in [2.05, 4.69) is 25.9 Å². The molecule has 0 bridgehead atoms. The van der Waals surface area contributed by atoms with E-state index in [0.29, 0.717) is 24.0 Å². The molecule has 2 aliphatic heterocycles. The average molecular weight is 424 g/mol. The van der Waals surface area contributed by atoms with Gasteiger partial charge in [0.1, 0.15) is 23.9 Å². The summed E-state index contributed by atoms with van der Waals surface area (Å²) in [4.78, 5) is 8.85. The molecule has 2 N–H and O–H groups in total. The topological polar surface area (TPSA) is 79.0 Å². The van der Waals surface area contributed by atoms with E-state index in [0.717, 1.165) is 21.3 Å². The van der Waals surface area contributed by atoms with Gasteiger partial charge < -0.3 is 19.9 Å². The van der Waals surface area contributed by atoms with Gasteiger partial charge in [-0.05, 0) is 42.5 Å². The maximum absolute atomic E-state index is 6.10. The number of fused-ring (bicyclic) bond motifs is 4. The monoisotopic (exact) mass is 423 g/mol. The minimum atomic E-state index is -0.778. The SMILES string of the molecule is NC1=N[C@@]2(CO1)c1cc(Br)ccc1Oc1ccc(Oc3ccccn3)cc12. The maximum atomic E-state index is 6.10. The summed E-state index contributed by atoms with van der Waals surface area (Å²) in [7, 11) is 0. The Morgan fingerprint density at radius 3 is 2.59 bits per heavy atom. The number of aliphatic imine (C=N–C) groups is 1. The van der Waals surface area contributed by atoms with Crippen molar-refractivity contribution in [3.8, 4) is 23.1 Å². The fraction of sp³-hybridized carbons (Fsp3) is 0.100. The van der Waals surface area contributed by atoms with E-state index < -0.39 is 5.54 Å². The van der Waals surface area contributed by atoms with Gasteiger partial charge in [0.25, 0.3) is 6.02 Å². The first-order chi connectivity index (χ1) is 13.1. The van der Waals surface area contributed by atoms with Crippen LogP contribution in [-0.4, -0.2) is 17.6 Å². The highest BCUT2D eigenvalue weighted by molar-refractivity contribution is 9.10. The molecule has 0 fully saturated rings. The van der Waals surface area contributed by atoms with Crippen molar-refractivity contribution in [3.63, 3.8) is 0 Å². The number of benzene rings is 2. The lowest BCUT2D eigenvalue weighted by Crippen LogP contribution is -2.31. The summed E-state index contributed by atoms with van der Waals surface area (Å²) in [6, 6.07) is 17.1. The normalized spacial score (nSPS) is 19.5. The molecule has 2 aliphatic rings. The van der Waals surface area contributed by atoms with Crippen LogP contribution >= 0.6 is 15.9 Å². The van der Waals surface area contributed by atoms with Crippen LogP contribution in [-0.2, 0) is 10.3 Å². The van der Waals surface area contributed by atoms with E-state index in [1.807, 2.05) is 48.5 Å². The van der Waals surface area contributed by atoms with Crippen molar-refractivity contribution in [2.75, 3.05) is 6.61 Å². The summed E-state index contributed by atoms with van der Waals surface area (Å²) in [5, 5.41) is 0. The Bertz CT molecular complexity index is 1070. The van der Waals surface area contributed by atoms with Crippen molar-refractivity contribution in [3.05, 3.63) is 76.4 Å². The van der Waals surface area contributed by atoms with Crippen LogP contribution in [0.3, 0.4) is 0 Å². The highest BCUT2D eigenvalue weighted by Crippen LogP contribution is 2.52. The third-order valence-corrected chi connectivity index (χ3v) is 5.09. The van der Waals surface area contributed by atoms with E-state index in [1.54, 1.807) is 12.3 Å². The molecule has 0 radical (unpaired) electrons. The van der Waals surface area contributed by atoms with Crippen molar-refractivity contribution in [2.45, 2.75) is 5.54 Å². The molecule has 7 heteroatoms. The molecule has 6 nitrogen and oxygen atoms in total. The molecular weight excluding hydrogens is 410 g/mol. The number of nitrogens with zero attached hydrogens (tertiary/aromatic N) is 2. The fourth-order valence-electron chi connectivity index (χ4n) is 3.40. The first-order valence-corrected chi connectivity index (χ1v) is 9.13. The molecule has 0 amide bonds. The molecule has 1 atom stereocenters. The number of amidine groups is 1. The molecule has 3 heterocycles. The van der Waals surface area contributed by atoms with E-state index in [1.165, 1.54) is 0 Å². The van der Waals surface area contributed by atoms with E-state index in [4.69, 9.17) is 19.9 Å². The minimum absolute atomic E-state index is 0.157. The molecule has 3 aromatic rings. The minimum Gasteiger partial charge on any atom is -0.462 e. The maximum Gasteiger partial charge on any atom is 0.283 e. The average Bonchev–Trinajstić information content (AvgIpc) is 3.07. The first-order valence-electron chi connectivity index (χ1n) is 8.33. The quantitative estimate of drug-likeness (QED) is 0.663. The first kappa shape index (κ1) is 16.1. The van der Waals surface area contributed by atoms with E-state index in [9.17, 15) is 0 Å². The second kappa shape index (κ2) is 5.99. The van der Waals surface area contributed by atoms with Crippen LogP contribution in [0.25, 0.3) is 0 Å². The van der Waals surface area contributed by atoms with Gasteiger partial charge in [0.05, 0.1) is 0 Å². The lowest BCUT2D eigenvalue weighted by molar-refractivity contribution is 0.264. The molecule has 0 saturated carbocycles. The Morgan fingerprint density at radius 2 is 1.85 bits per heavy atom. The van der Waals surface area contributed by atoms with Crippen LogP contribution in [0, 0.1) is 0 Å². The molecule has 0 aliphatic carbocycles. The number of hydrogen-bond donors (Lipinski definition) is 1. The second-order valence-electron chi connectivity index (χ2n) is 6.27. The molecule has 1 spiro atoms. The van der Waals surface area contributed by atoms with E-state index in [-0.39, 0.29) is 6.02 Å². The largest absolute Gasteiger partial charge is 0.462 e. The van der Waals surface area contributed by atoms with Gasteiger partial charge in [0.2, 0.25) is 5.88 Å².